The monoisotopic (exact) mass is 473 g/mol. The van der Waals surface area contributed by atoms with Gasteiger partial charge < -0.3 is 14.6 Å². The molecule has 1 aliphatic heterocycles. The molecule has 4 aromatic rings. The van der Waals surface area contributed by atoms with Crippen molar-refractivity contribution in [1.82, 2.24) is 30.1 Å². The number of hydrogen-bond donors (Lipinski definition) is 1. The molecule has 1 atom stereocenters. The number of rotatable bonds is 7. The van der Waals surface area contributed by atoms with E-state index >= 15 is 0 Å². The lowest BCUT2D eigenvalue weighted by atomic mass is 9.99. The molecule has 0 aliphatic carbocycles. The van der Waals surface area contributed by atoms with E-state index in [-0.39, 0.29) is 11.6 Å². The number of H-pyrrole nitrogens is 1. The number of aryl methyl sites for hydroxylation is 2. The molecule has 0 saturated carbocycles. The van der Waals surface area contributed by atoms with E-state index in [1.165, 1.54) is 5.69 Å². The number of ether oxygens (including phenoxy) is 1. The van der Waals surface area contributed by atoms with Crippen LogP contribution >= 0.6 is 0 Å². The molecule has 182 valence electrons. The van der Waals surface area contributed by atoms with Crippen LogP contribution in [0.5, 0.6) is 0 Å². The lowest BCUT2D eigenvalue weighted by Crippen LogP contribution is -2.49. The van der Waals surface area contributed by atoms with Gasteiger partial charge in [-0.1, -0.05) is 30.3 Å². The van der Waals surface area contributed by atoms with Crippen LogP contribution in [0.3, 0.4) is 0 Å². The molecule has 2 aromatic carbocycles. The minimum Gasteiger partial charge on any atom is -0.383 e. The number of aromatic amines is 1. The Labute approximate surface area is 204 Å². The molecule has 1 aliphatic rings. The van der Waals surface area contributed by atoms with Crippen molar-refractivity contribution >= 4 is 16.6 Å². The maximum absolute atomic E-state index is 13.5. The van der Waals surface area contributed by atoms with Gasteiger partial charge >= 0.3 is 0 Å². The second-order valence-electron chi connectivity index (χ2n) is 9.06. The molecule has 0 unspecified atom stereocenters. The first kappa shape index (κ1) is 23.2. The Morgan fingerprint density at radius 3 is 2.51 bits per heavy atom. The summed E-state index contributed by atoms with van der Waals surface area (Å²) in [4.78, 5) is 21.3. The van der Waals surface area contributed by atoms with Crippen molar-refractivity contribution in [3.05, 3.63) is 81.4 Å². The van der Waals surface area contributed by atoms with Crippen LogP contribution in [0.2, 0.25) is 0 Å². The maximum atomic E-state index is 13.5. The summed E-state index contributed by atoms with van der Waals surface area (Å²) >= 11 is 0. The van der Waals surface area contributed by atoms with Crippen LogP contribution < -0.4 is 10.5 Å². The number of anilines is 1. The molecule has 3 heterocycles. The minimum absolute atomic E-state index is 0.108. The summed E-state index contributed by atoms with van der Waals surface area (Å²) in [5, 5.41) is 13.6. The van der Waals surface area contributed by atoms with E-state index in [0.717, 1.165) is 48.2 Å². The van der Waals surface area contributed by atoms with Crippen LogP contribution in [0.1, 0.15) is 28.6 Å². The summed E-state index contributed by atoms with van der Waals surface area (Å²) in [5.41, 5.74) is 4.81. The third kappa shape index (κ3) is 4.56. The first-order valence-corrected chi connectivity index (χ1v) is 12.0. The first-order valence-electron chi connectivity index (χ1n) is 12.0. The van der Waals surface area contributed by atoms with Crippen LogP contribution in [0.25, 0.3) is 10.9 Å². The van der Waals surface area contributed by atoms with E-state index < -0.39 is 0 Å². The quantitative estimate of drug-likeness (QED) is 0.441. The summed E-state index contributed by atoms with van der Waals surface area (Å²) in [7, 11) is 1.66. The molecule has 1 fully saturated rings. The number of piperazine rings is 1. The molecule has 0 bridgehead atoms. The Morgan fingerprint density at radius 2 is 1.77 bits per heavy atom. The van der Waals surface area contributed by atoms with Crippen molar-refractivity contribution in [2.45, 2.75) is 26.4 Å². The number of tetrazole rings is 1. The first-order chi connectivity index (χ1) is 17.1. The van der Waals surface area contributed by atoms with Gasteiger partial charge in [-0.05, 0) is 53.6 Å². The largest absolute Gasteiger partial charge is 0.383 e. The van der Waals surface area contributed by atoms with Gasteiger partial charge in [-0.2, -0.15) is 0 Å². The van der Waals surface area contributed by atoms with Crippen molar-refractivity contribution in [3.8, 4) is 0 Å². The average molecular weight is 474 g/mol. The molecule has 0 radical (unpaired) electrons. The zero-order valence-corrected chi connectivity index (χ0v) is 20.4. The van der Waals surface area contributed by atoms with Crippen LogP contribution in [-0.2, 0) is 11.3 Å². The Bertz CT molecular complexity index is 1360. The second-order valence-corrected chi connectivity index (χ2v) is 9.06. The Hall–Kier alpha value is -3.56. The zero-order valence-electron chi connectivity index (χ0n) is 20.4. The van der Waals surface area contributed by atoms with Crippen LogP contribution in [0.15, 0.2) is 53.3 Å². The molecule has 35 heavy (non-hydrogen) atoms. The zero-order chi connectivity index (χ0) is 24.4. The van der Waals surface area contributed by atoms with Crippen molar-refractivity contribution in [1.29, 1.82) is 0 Å². The summed E-state index contributed by atoms with van der Waals surface area (Å²) < 4.78 is 7.02. The number of nitrogens with one attached hydrogen (secondary N) is 1. The Morgan fingerprint density at radius 1 is 1.03 bits per heavy atom. The SMILES string of the molecule is COCCn1nnnc1[C@@H](c1cc2c(C)ccc(C)c2[nH]c1=O)N1CCN(c2ccccc2)CC1. The molecule has 0 spiro atoms. The normalized spacial score (nSPS) is 15.6. The predicted molar refractivity (Wildman–Crippen MR) is 136 cm³/mol. The number of benzene rings is 2. The fraction of sp³-hybridized carbons (Fsp3) is 0.385. The number of aromatic nitrogens is 5. The van der Waals surface area contributed by atoms with Gasteiger partial charge in [0.1, 0.15) is 6.04 Å². The van der Waals surface area contributed by atoms with Crippen molar-refractivity contribution in [3.63, 3.8) is 0 Å². The fourth-order valence-corrected chi connectivity index (χ4v) is 4.92. The van der Waals surface area contributed by atoms with Gasteiger partial charge in [0.05, 0.1) is 18.7 Å². The predicted octanol–water partition coefficient (Wildman–Crippen LogP) is 2.69. The van der Waals surface area contributed by atoms with Crippen molar-refractivity contribution in [2.24, 2.45) is 0 Å². The van der Waals surface area contributed by atoms with Gasteiger partial charge in [-0.15, -0.1) is 5.10 Å². The molecule has 9 nitrogen and oxygen atoms in total. The number of para-hydroxylation sites is 1. The van der Waals surface area contributed by atoms with Gasteiger partial charge in [0.2, 0.25) is 0 Å². The van der Waals surface area contributed by atoms with E-state index in [2.05, 4.69) is 67.6 Å². The lowest BCUT2D eigenvalue weighted by Gasteiger charge is -2.39. The highest BCUT2D eigenvalue weighted by Gasteiger charge is 2.33. The molecule has 9 heteroatoms. The summed E-state index contributed by atoms with van der Waals surface area (Å²) in [6, 6.07) is 16.2. The van der Waals surface area contributed by atoms with Crippen LogP contribution in [0.4, 0.5) is 5.69 Å². The molecule has 1 saturated heterocycles. The fourth-order valence-electron chi connectivity index (χ4n) is 4.92. The summed E-state index contributed by atoms with van der Waals surface area (Å²) in [6.07, 6.45) is 0. The number of pyridine rings is 1. The van der Waals surface area contributed by atoms with Gasteiger partial charge in [0.25, 0.3) is 5.56 Å². The molecular weight excluding hydrogens is 442 g/mol. The molecule has 0 amide bonds. The van der Waals surface area contributed by atoms with E-state index in [9.17, 15) is 4.79 Å². The van der Waals surface area contributed by atoms with Gasteiger partial charge in [0.15, 0.2) is 5.82 Å². The summed E-state index contributed by atoms with van der Waals surface area (Å²) in [6.45, 7) is 8.35. The Kier molecular flexibility index (Phi) is 6.61. The maximum Gasteiger partial charge on any atom is 0.253 e. The highest BCUT2D eigenvalue weighted by atomic mass is 16.5. The topological polar surface area (TPSA) is 92.2 Å². The molecule has 1 N–H and O–H groups in total. The highest BCUT2D eigenvalue weighted by molar-refractivity contribution is 5.85. The van der Waals surface area contributed by atoms with E-state index in [4.69, 9.17) is 4.74 Å². The summed E-state index contributed by atoms with van der Waals surface area (Å²) in [5.74, 6) is 0.658. The highest BCUT2D eigenvalue weighted by Crippen LogP contribution is 2.30. The number of methoxy groups -OCH3 is 1. The third-order valence-electron chi connectivity index (χ3n) is 6.88. The van der Waals surface area contributed by atoms with Crippen molar-refractivity contribution < 1.29 is 4.74 Å². The van der Waals surface area contributed by atoms with Crippen LogP contribution in [-0.4, -0.2) is 70.0 Å². The van der Waals surface area contributed by atoms with E-state index in [0.29, 0.717) is 24.5 Å². The van der Waals surface area contributed by atoms with E-state index in [1.807, 2.05) is 25.1 Å². The molecule has 5 rings (SSSR count). The number of fused-ring (bicyclic) bond motifs is 1. The Balaban J connectivity index is 1.56. The average Bonchev–Trinajstić information content (AvgIpc) is 3.35. The lowest BCUT2D eigenvalue weighted by molar-refractivity contribution is 0.171. The standard InChI is InChI=1S/C26H31N7O2/c1-18-9-10-19(2)23-21(18)17-22(26(34)27-23)24(25-28-29-30-33(25)15-16-35-3)32-13-11-31(12-14-32)20-7-5-4-6-8-20/h4-10,17,24H,11-16H2,1-3H3,(H,27,34)/t24-/m1/s1. The van der Waals surface area contributed by atoms with Crippen LogP contribution in [0, 0.1) is 13.8 Å². The smallest absolute Gasteiger partial charge is 0.253 e. The van der Waals surface area contributed by atoms with Gasteiger partial charge in [0, 0.05) is 49.9 Å². The third-order valence-corrected chi connectivity index (χ3v) is 6.88. The van der Waals surface area contributed by atoms with Crippen molar-refractivity contribution in [2.75, 3.05) is 44.8 Å². The molecule has 2 aromatic heterocycles. The van der Waals surface area contributed by atoms with Gasteiger partial charge in [-0.3, -0.25) is 9.69 Å². The van der Waals surface area contributed by atoms with Gasteiger partial charge in [-0.25, -0.2) is 4.68 Å². The number of hydrogen-bond acceptors (Lipinski definition) is 7. The molecular formula is C26H31N7O2. The second kappa shape index (κ2) is 9.97. The minimum atomic E-state index is -0.368. The number of nitrogens with zero attached hydrogens (tertiary/aromatic N) is 6. The van der Waals surface area contributed by atoms with E-state index in [1.54, 1.807) is 11.8 Å².